The number of anilines is 1. The molecular formula is C31H31FN6O2. The van der Waals surface area contributed by atoms with Crippen LogP contribution < -0.4 is 20.5 Å². The van der Waals surface area contributed by atoms with Crippen molar-refractivity contribution in [2.45, 2.75) is 45.7 Å². The van der Waals surface area contributed by atoms with E-state index in [1.165, 1.54) is 6.07 Å². The fourth-order valence-corrected chi connectivity index (χ4v) is 6.20. The number of piperazine rings is 1. The van der Waals surface area contributed by atoms with E-state index in [9.17, 15) is 4.79 Å². The third-order valence-electron chi connectivity index (χ3n) is 8.19. The van der Waals surface area contributed by atoms with Gasteiger partial charge in [-0.25, -0.2) is 14.4 Å². The van der Waals surface area contributed by atoms with Crippen LogP contribution in [0, 0.1) is 12.7 Å². The van der Waals surface area contributed by atoms with E-state index in [4.69, 9.17) is 9.72 Å². The van der Waals surface area contributed by atoms with Crippen molar-refractivity contribution < 1.29 is 9.13 Å². The number of rotatable bonds is 3. The number of pyridine rings is 2. The van der Waals surface area contributed by atoms with E-state index in [2.05, 4.69) is 41.0 Å². The maximum Gasteiger partial charge on any atom is 0.301 e. The van der Waals surface area contributed by atoms with Crippen molar-refractivity contribution in [1.82, 2.24) is 24.8 Å². The van der Waals surface area contributed by atoms with Gasteiger partial charge >= 0.3 is 5.56 Å². The average Bonchev–Trinajstić information content (AvgIpc) is 3.42. The Balaban J connectivity index is 1.61. The summed E-state index contributed by atoms with van der Waals surface area (Å²) in [6.07, 6.45) is 1.60. The number of ether oxygens (including phenoxy) is 1. The number of aromatic nitrogens is 4. The minimum Gasteiger partial charge on any atom is -0.484 e. The maximum absolute atomic E-state index is 16.3. The number of fused-ring (bicyclic) bond motifs is 6. The lowest BCUT2D eigenvalue weighted by atomic mass is 9.99. The van der Waals surface area contributed by atoms with Crippen LogP contribution in [0.2, 0.25) is 0 Å². The number of nitrogens with one attached hydrogen (secondary N) is 2. The molecule has 0 bridgehead atoms. The van der Waals surface area contributed by atoms with Gasteiger partial charge < -0.3 is 19.9 Å². The first-order valence-electron chi connectivity index (χ1n) is 13.8. The second-order valence-electron chi connectivity index (χ2n) is 11.2. The second kappa shape index (κ2) is 9.16. The molecule has 40 heavy (non-hydrogen) atoms. The highest BCUT2D eigenvalue weighted by Crippen LogP contribution is 2.42. The quantitative estimate of drug-likeness (QED) is 0.334. The van der Waals surface area contributed by atoms with E-state index in [1.807, 2.05) is 43.3 Å². The van der Waals surface area contributed by atoms with Crippen LogP contribution in [0.25, 0.3) is 39.0 Å². The smallest absolute Gasteiger partial charge is 0.301 e. The predicted octanol–water partition coefficient (Wildman–Crippen LogP) is 5.06. The summed E-state index contributed by atoms with van der Waals surface area (Å²) in [7, 11) is 0. The summed E-state index contributed by atoms with van der Waals surface area (Å²) in [5.74, 6) is -0.0784. The van der Waals surface area contributed by atoms with Gasteiger partial charge in [0.25, 0.3) is 0 Å². The third-order valence-corrected chi connectivity index (χ3v) is 8.19. The van der Waals surface area contributed by atoms with Gasteiger partial charge in [0, 0.05) is 30.1 Å². The first kappa shape index (κ1) is 24.8. The van der Waals surface area contributed by atoms with Crippen LogP contribution in [-0.2, 0) is 0 Å². The van der Waals surface area contributed by atoms with Gasteiger partial charge in [0.2, 0.25) is 5.75 Å². The number of para-hydroxylation sites is 1. The van der Waals surface area contributed by atoms with Gasteiger partial charge in [-0.1, -0.05) is 38.1 Å². The van der Waals surface area contributed by atoms with Crippen LogP contribution >= 0.6 is 0 Å². The van der Waals surface area contributed by atoms with Crippen molar-refractivity contribution in [3.05, 3.63) is 76.1 Å². The first-order chi connectivity index (χ1) is 19.3. The standard InChI is InChI=1S/C31H31FN6O2/c1-16(2)20-7-5-6-8-24(20)38-30-21(28-29(31(38)39)40-14-19-12-33-18(4)13-37(19)28)11-22(32)26(36-30)25-17(3)9-10-23-27(25)35-15-34-23/h5-11,15-16,18-19,33H,12-14H2,1-4H3,(H,34,35)/t18-,19-/m1/s1. The predicted molar refractivity (Wildman–Crippen MR) is 155 cm³/mol. The Morgan fingerprint density at radius 1 is 1.18 bits per heavy atom. The molecule has 2 atom stereocenters. The second-order valence-corrected chi connectivity index (χ2v) is 11.2. The van der Waals surface area contributed by atoms with Crippen LogP contribution in [-0.4, -0.2) is 51.3 Å². The molecule has 1 saturated heterocycles. The van der Waals surface area contributed by atoms with Crippen LogP contribution in [0.5, 0.6) is 5.75 Å². The molecule has 3 aromatic heterocycles. The number of nitrogens with zero attached hydrogens (tertiary/aromatic N) is 4. The number of imidazole rings is 1. The van der Waals surface area contributed by atoms with E-state index >= 15 is 4.39 Å². The van der Waals surface area contributed by atoms with Crippen LogP contribution in [0.1, 0.15) is 37.8 Å². The number of aromatic amines is 1. The van der Waals surface area contributed by atoms with E-state index in [1.54, 1.807) is 10.9 Å². The SMILES string of the molecule is Cc1ccc2[nH]cnc2c1-c1nc2c(cc1F)c1c(c(=O)n2-c2ccccc2C(C)C)OC[C@H]2CN[C@H](C)CN12. The van der Waals surface area contributed by atoms with Gasteiger partial charge in [-0.2, -0.15) is 0 Å². The van der Waals surface area contributed by atoms with Crippen molar-refractivity contribution in [1.29, 1.82) is 0 Å². The number of hydrogen-bond acceptors (Lipinski definition) is 6. The Kier molecular flexibility index (Phi) is 5.67. The Labute approximate surface area is 230 Å². The topological polar surface area (TPSA) is 88.1 Å². The lowest BCUT2D eigenvalue weighted by Crippen LogP contribution is -2.59. The summed E-state index contributed by atoms with van der Waals surface area (Å²) in [4.78, 5) is 29.1. The lowest BCUT2D eigenvalue weighted by molar-refractivity contribution is 0.233. The fraction of sp³-hybridized carbons (Fsp3) is 0.323. The molecule has 0 radical (unpaired) electrons. The molecule has 8 nitrogen and oxygen atoms in total. The zero-order valence-corrected chi connectivity index (χ0v) is 23.0. The number of benzene rings is 2. The zero-order valence-electron chi connectivity index (χ0n) is 23.0. The van der Waals surface area contributed by atoms with Crippen LogP contribution in [0.3, 0.4) is 0 Å². The summed E-state index contributed by atoms with van der Waals surface area (Å²) >= 11 is 0. The fourth-order valence-electron chi connectivity index (χ4n) is 6.20. The third kappa shape index (κ3) is 3.64. The number of halogens is 1. The van der Waals surface area contributed by atoms with Crippen molar-refractivity contribution in [3.8, 4) is 22.7 Å². The van der Waals surface area contributed by atoms with Crippen LogP contribution in [0.4, 0.5) is 10.1 Å². The number of hydrogen-bond donors (Lipinski definition) is 2. The molecule has 7 rings (SSSR count). The Hall–Kier alpha value is -4.24. The van der Waals surface area contributed by atoms with Crippen molar-refractivity contribution in [3.63, 3.8) is 0 Å². The van der Waals surface area contributed by atoms with Gasteiger partial charge in [0.1, 0.15) is 18.1 Å². The van der Waals surface area contributed by atoms with Gasteiger partial charge in [0.15, 0.2) is 5.65 Å². The lowest BCUT2D eigenvalue weighted by Gasteiger charge is -2.44. The Morgan fingerprint density at radius 3 is 2.83 bits per heavy atom. The van der Waals surface area contributed by atoms with Gasteiger partial charge in [0.05, 0.1) is 34.8 Å². The highest BCUT2D eigenvalue weighted by atomic mass is 19.1. The summed E-state index contributed by atoms with van der Waals surface area (Å²) in [6.45, 7) is 9.99. The number of aryl methyl sites for hydroxylation is 1. The molecule has 2 N–H and O–H groups in total. The molecule has 204 valence electrons. The highest BCUT2D eigenvalue weighted by Gasteiger charge is 2.37. The summed E-state index contributed by atoms with van der Waals surface area (Å²) in [5.41, 5.74) is 5.49. The molecule has 9 heteroatoms. The van der Waals surface area contributed by atoms with E-state index in [-0.39, 0.29) is 35.0 Å². The molecule has 0 amide bonds. The summed E-state index contributed by atoms with van der Waals surface area (Å²) in [6, 6.07) is 13.4. The van der Waals surface area contributed by atoms with Crippen molar-refractivity contribution in [2.24, 2.45) is 0 Å². The molecule has 0 spiro atoms. The molecule has 0 aliphatic carbocycles. The monoisotopic (exact) mass is 538 g/mol. The highest BCUT2D eigenvalue weighted by molar-refractivity contribution is 5.99. The minimum atomic E-state index is -0.471. The van der Waals surface area contributed by atoms with Crippen LogP contribution in [0.15, 0.2) is 53.6 Å². The van der Waals surface area contributed by atoms with Gasteiger partial charge in [-0.15, -0.1) is 0 Å². The summed E-state index contributed by atoms with van der Waals surface area (Å²) < 4.78 is 24.1. The summed E-state index contributed by atoms with van der Waals surface area (Å²) in [5, 5.41) is 4.05. The molecule has 2 aromatic carbocycles. The largest absolute Gasteiger partial charge is 0.484 e. The Bertz CT molecular complexity index is 1860. The van der Waals surface area contributed by atoms with Gasteiger partial charge in [-0.3, -0.25) is 9.36 Å². The van der Waals surface area contributed by atoms with E-state index in [0.717, 1.165) is 28.9 Å². The van der Waals surface area contributed by atoms with Crippen molar-refractivity contribution >= 4 is 27.8 Å². The van der Waals surface area contributed by atoms with E-state index in [0.29, 0.717) is 41.0 Å². The molecule has 5 heterocycles. The normalized spacial score (nSPS) is 18.7. The van der Waals surface area contributed by atoms with Crippen molar-refractivity contribution in [2.75, 3.05) is 24.6 Å². The Morgan fingerprint density at radius 2 is 2.00 bits per heavy atom. The maximum atomic E-state index is 16.3. The molecule has 1 fully saturated rings. The molecule has 2 aliphatic heterocycles. The average molecular weight is 539 g/mol. The van der Waals surface area contributed by atoms with E-state index < -0.39 is 5.82 Å². The molecule has 0 saturated carbocycles. The first-order valence-corrected chi connectivity index (χ1v) is 13.8. The molecule has 5 aromatic rings. The zero-order chi connectivity index (χ0) is 27.7. The molecule has 0 unspecified atom stereocenters. The molecular weight excluding hydrogens is 507 g/mol. The minimum absolute atomic E-state index is 0.0351. The molecule has 2 aliphatic rings. The number of H-pyrrole nitrogens is 1. The van der Waals surface area contributed by atoms with Gasteiger partial charge in [-0.05, 0) is 49.1 Å².